The molecule has 0 fully saturated rings. The molecule has 1 unspecified atom stereocenters. The van der Waals surface area contributed by atoms with Crippen LogP contribution in [0.15, 0.2) is 0 Å². The van der Waals surface area contributed by atoms with Gasteiger partial charge in [0.1, 0.15) is 0 Å². The van der Waals surface area contributed by atoms with Crippen LogP contribution in [0, 0.1) is 5.92 Å². The van der Waals surface area contributed by atoms with Crippen LogP contribution in [0.1, 0.15) is 111 Å². The summed E-state index contributed by atoms with van der Waals surface area (Å²) in [7, 11) is 3.60. The number of ether oxygens (including phenoxy) is 2. The molecule has 0 radical (unpaired) electrons. The molecule has 0 heterocycles. The lowest BCUT2D eigenvalue weighted by molar-refractivity contribution is -0.230. The molecule has 0 amide bonds. The molecule has 27 heavy (non-hydrogen) atoms. The smallest absolute Gasteiger partial charge is 0.167 e. The first-order chi connectivity index (χ1) is 13.1. The van der Waals surface area contributed by atoms with E-state index in [1.165, 1.54) is 103 Å². The lowest BCUT2D eigenvalue weighted by atomic mass is 9.88. The van der Waals surface area contributed by atoms with Crippen molar-refractivity contribution in [3.05, 3.63) is 0 Å². The lowest BCUT2D eigenvalue weighted by Gasteiger charge is -2.36. The van der Waals surface area contributed by atoms with Gasteiger partial charge in [-0.05, 0) is 58.7 Å². The molecule has 0 saturated carbocycles. The number of unbranched alkanes of at least 4 members (excludes halogenated alkanes) is 7. The van der Waals surface area contributed by atoms with Crippen molar-refractivity contribution in [2.75, 3.05) is 33.9 Å². The molecule has 164 valence electrons. The average Bonchev–Trinajstić information content (AvgIpc) is 2.69. The molecule has 0 aliphatic heterocycles. The summed E-state index contributed by atoms with van der Waals surface area (Å²) in [4.78, 5) is 2.67. The molecule has 3 heteroatoms. The number of hydrogen-bond acceptors (Lipinski definition) is 3. The molecular weight excluding hydrogens is 334 g/mol. The highest BCUT2D eigenvalue weighted by molar-refractivity contribution is 4.76. The summed E-state index contributed by atoms with van der Waals surface area (Å²) >= 11 is 0. The van der Waals surface area contributed by atoms with Crippen molar-refractivity contribution in [2.24, 2.45) is 5.92 Å². The molecule has 0 aliphatic rings. The standard InChI is InChI=1S/C24H51NO2/c1-7-10-13-14-15-16-18-23(24(4,26-5)27-6)19-17-22-25(20-11-8-2)21-12-9-3/h23H,7-22H2,1-6H3. The van der Waals surface area contributed by atoms with E-state index >= 15 is 0 Å². The highest BCUT2D eigenvalue weighted by atomic mass is 16.7. The molecular formula is C24H51NO2. The summed E-state index contributed by atoms with van der Waals surface area (Å²) in [5.41, 5.74) is 0. The predicted octanol–water partition coefficient (Wildman–Crippen LogP) is 7.04. The fraction of sp³-hybridized carbons (Fsp3) is 1.00. The molecule has 0 spiro atoms. The van der Waals surface area contributed by atoms with Gasteiger partial charge in [-0.15, -0.1) is 0 Å². The minimum Gasteiger partial charge on any atom is -0.353 e. The zero-order valence-electron chi connectivity index (χ0n) is 19.7. The first-order valence-electron chi connectivity index (χ1n) is 11.9. The van der Waals surface area contributed by atoms with Gasteiger partial charge in [-0.25, -0.2) is 0 Å². The molecule has 0 N–H and O–H groups in total. The van der Waals surface area contributed by atoms with Crippen LogP contribution in [-0.4, -0.2) is 44.5 Å². The van der Waals surface area contributed by atoms with E-state index < -0.39 is 5.79 Å². The minimum absolute atomic E-state index is 0.443. The number of hydrogen-bond donors (Lipinski definition) is 0. The molecule has 0 aliphatic carbocycles. The summed E-state index contributed by atoms with van der Waals surface area (Å²) < 4.78 is 11.6. The van der Waals surface area contributed by atoms with E-state index in [0.717, 1.165) is 0 Å². The van der Waals surface area contributed by atoms with E-state index in [4.69, 9.17) is 9.47 Å². The minimum atomic E-state index is -0.443. The molecule has 0 rings (SSSR count). The Morgan fingerprint density at radius 2 is 1.07 bits per heavy atom. The Morgan fingerprint density at radius 3 is 1.59 bits per heavy atom. The van der Waals surface area contributed by atoms with Gasteiger partial charge in [-0.3, -0.25) is 0 Å². The molecule has 1 atom stereocenters. The molecule has 0 aromatic carbocycles. The number of methoxy groups -OCH3 is 2. The van der Waals surface area contributed by atoms with Gasteiger partial charge in [-0.2, -0.15) is 0 Å². The normalized spacial score (nSPS) is 13.4. The fourth-order valence-electron chi connectivity index (χ4n) is 3.92. The quantitative estimate of drug-likeness (QED) is 0.166. The van der Waals surface area contributed by atoms with Crippen LogP contribution >= 0.6 is 0 Å². The van der Waals surface area contributed by atoms with E-state index in [9.17, 15) is 0 Å². The molecule has 3 nitrogen and oxygen atoms in total. The Hall–Kier alpha value is -0.120. The molecule has 0 saturated heterocycles. The van der Waals surface area contributed by atoms with Crippen LogP contribution in [0.3, 0.4) is 0 Å². The number of rotatable bonds is 20. The zero-order chi connectivity index (χ0) is 20.4. The van der Waals surface area contributed by atoms with Crippen molar-refractivity contribution < 1.29 is 9.47 Å². The van der Waals surface area contributed by atoms with Gasteiger partial charge in [0.15, 0.2) is 5.79 Å². The highest BCUT2D eigenvalue weighted by Crippen LogP contribution is 2.31. The topological polar surface area (TPSA) is 21.7 Å². The first kappa shape index (κ1) is 26.9. The van der Waals surface area contributed by atoms with Gasteiger partial charge in [0, 0.05) is 20.1 Å². The lowest BCUT2D eigenvalue weighted by Crippen LogP contribution is -2.39. The maximum Gasteiger partial charge on any atom is 0.167 e. The van der Waals surface area contributed by atoms with Gasteiger partial charge in [0.25, 0.3) is 0 Å². The zero-order valence-corrected chi connectivity index (χ0v) is 19.7. The summed E-state index contributed by atoms with van der Waals surface area (Å²) in [6, 6.07) is 0. The second-order valence-corrected chi connectivity index (χ2v) is 8.37. The summed E-state index contributed by atoms with van der Waals surface area (Å²) in [6.07, 6.45) is 17.0. The van der Waals surface area contributed by atoms with Crippen LogP contribution in [0.5, 0.6) is 0 Å². The van der Waals surface area contributed by atoms with E-state index in [1.54, 1.807) is 14.2 Å². The third-order valence-electron chi connectivity index (χ3n) is 6.14. The summed E-state index contributed by atoms with van der Waals surface area (Å²) in [5, 5.41) is 0. The van der Waals surface area contributed by atoms with Gasteiger partial charge in [-0.1, -0.05) is 72.1 Å². The van der Waals surface area contributed by atoms with Crippen LogP contribution in [0.4, 0.5) is 0 Å². The van der Waals surface area contributed by atoms with Crippen LogP contribution in [0.2, 0.25) is 0 Å². The van der Waals surface area contributed by atoms with E-state index in [-0.39, 0.29) is 0 Å². The Morgan fingerprint density at radius 1 is 0.630 bits per heavy atom. The van der Waals surface area contributed by atoms with Crippen LogP contribution < -0.4 is 0 Å². The maximum absolute atomic E-state index is 5.80. The van der Waals surface area contributed by atoms with E-state index in [1.807, 2.05) is 0 Å². The Labute approximate surface area is 171 Å². The van der Waals surface area contributed by atoms with Crippen molar-refractivity contribution in [2.45, 2.75) is 117 Å². The molecule has 0 aromatic rings. The SMILES string of the molecule is CCCCCCCCC(CCCN(CCCC)CCCC)C(C)(OC)OC. The second kappa shape index (κ2) is 17.9. The van der Waals surface area contributed by atoms with E-state index in [2.05, 4.69) is 32.6 Å². The van der Waals surface area contributed by atoms with Crippen molar-refractivity contribution in [3.8, 4) is 0 Å². The monoisotopic (exact) mass is 385 g/mol. The third kappa shape index (κ3) is 12.9. The van der Waals surface area contributed by atoms with Crippen molar-refractivity contribution in [3.63, 3.8) is 0 Å². The van der Waals surface area contributed by atoms with Crippen molar-refractivity contribution >= 4 is 0 Å². The number of nitrogens with zero attached hydrogens (tertiary/aromatic N) is 1. The maximum atomic E-state index is 5.80. The molecule has 0 aromatic heterocycles. The largest absolute Gasteiger partial charge is 0.353 e. The van der Waals surface area contributed by atoms with Crippen molar-refractivity contribution in [1.29, 1.82) is 0 Å². The van der Waals surface area contributed by atoms with Crippen molar-refractivity contribution in [1.82, 2.24) is 4.90 Å². The highest BCUT2D eigenvalue weighted by Gasteiger charge is 2.33. The summed E-state index contributed by atoms with van der Waals surface area (Å²) in [6.45, 7) is 12.7. The Kier molecular flexibility index (Phi) is 17.9. The van der Waals surface area contributed by atoms with Crippen LogP contribution in [-0.2, 0) is 9.47 Å². The Balaban J connectivity index is 4.46. The third-order valence-corrected chi connectivity index (χ3v) is 6.14. The Bertz CT molecular complexity index is 297. The average molecular weight is 386 g/mol. The first-order valence-corrected chi connectivity index (χ1v) is 11.9. The van der Waals surface area contributed by atoms with Gasteiger partial charge < -0.3 is 14.4 Å². The predicted molar refractivity (Wildman–Crippen MR) is 119 cm³/mol. The van der Waals surface area contributed by atoms with E-state index in [0.29, 0.717) is 5.92 Å². The van der Waals surface area contributed by atoms with Crippen LogP contribution in [0.25, 0.3) is 0 Å². The second-order valence-electron chi connectivity index (χ2n) is 8.37. The van der Waals surface area contributed by atoms with Gasteiger partial charge in [0.2, 0.25) is 0 Å². The van der Waals surface area contributed by atoms with Gasteiger partial charge >= 0.3 is 0 Å². The van der Waals surface area contributed by atoms with Gasteiger partial charge in [0.05, 0.1) is 0 Å². The molecule has 0 bridgehead atoms. The fourth-order valence-corrected chi connectivity index (χ4v) is 3.92. The summed E-state index contributed by atoms with van der Waals surface area (Å²) in [5.74, 6) is 0.0408.